The van der Waals surface area contributed by atoms with Gasteiger partial charge in [0.05, 0.1) is 6.10 Å². The molecule has 0 aromatic carbocycles. The monoisotopic (exact) mass is 267 g/mol. The summed E-state index contributed by atoms with van der Waals surface area (Å²) in [6.45, 7) is 5.54. The minimum absolute atomic E-state index is 0.375. The smallest absolute Gasteiger partial charge is 0.0543 e. The van der Waals surface area contributed by atoms with E-state index < -0.39 is 0 Å². The van der Waals surface area contributed by atoms with Gasteiger partial charge in [-0.3, -0.25) is 0 Å². The molecule has 1 aliphatic rings. The molecule has 0 radical (unpaired) electrons. The predicted molar refractivity (Wildman–Crippen MR) is 83.6 cm³/mol. The van der Waals surface area contributed by atoms with Crippen molar-refractivity contribution in [3.05, 3.63) is 11.6 Å². The Bertz CT molecular complexity index is 250. The molecule has 2 nitrogen and oxygen atoms in total. The molecular formula is C17H33NO. The van der Waals surface area contributed by atoms with Crippen LogP contribution in [0.3, 0.4) is 0 Å². The normalized spacial score (nSPS) is 20.3. The summed E-state index contributed by atoms with van der Waals surface area (Å²) < 4.78 is 5.39. The van der Waals surface area contributed by atoms with E-state index in [1.54, 1.807) is 5.57 Å². The Morgan fingerprint density at radius 2 is 2.00 bits per heavy atom. The van der Waals surface area contributed by atoms with Crippen LogP contribution in [0.25, 0.3) is 0 Å². The van der Waals surface area contributed by atoms with E-state index in [0.717, 1.165) is 13.0 Å². The zero-order chi connectivity index (χ0) is 13.9. The van der Waals surface area contributed by atoms with Crippen LogP contribution in [-0.2, 0) is 4.74 Å². The summed E-state index contributed by atoms with van der Waals surface area (Å²) in [4.78, 5) is 0. The zero-order valence-corrected chi connectivity index (χ0v) is 13.2. The van der Waals surface area contributed by atoms with Gasteiger partial charge >= 0.3 is 0 Å². The Labute approximate surface area is 120 Å². The van der Waals surface area contributed by atoms with Crippen LogP contribution in [0, 0.1) is 0 Å². The summed E-state index contributed by atoms with van der Waals surface area (Å²) in [6, 6.07) is 0.579. The van der Waals surface area contributed by atoms with E-state index in [1.807, 2.05) is 7.11 Å². The molecule has 19 heavy (non-hydrogen) atoms. The van der Waals surface area contributed by atoms with Gasteiger partial charge in [0.25, 0.3) is 0 Å². The maximum atomic E-state index is 5.39. The maximum absolute atomic E-state index is 5.39. The number of allylic oxidation sites excluding steroid dienone is 1. The predicted octanol–water partition coefficient (Wildman–Crippen LogP) is 4.45. The average molecular weight is 267 g/mol. The third-order valence-corrected chi connectivity index (χ3v) is 4.18. The topological polar surface area (TPSA) is 21.3 Å². The highest BCUT2D eigenvalue weighted by atomic mass is 16.5. The summed E-state index contributed by atoms with van der Waals surface area (Å²) in [5.41, 5.74) is 1.66. The van der Waals surface area contributed by atoms with E-state index in [9.17, 15) is 0 Å². The van der Waals surface area contributed by atoms with Crippen molar-refractivity contribution >= 4 is 0 Å². The van der Waals surface area contributed by atoms with E-state index in [4.69, 9.17) is 4.74 Å². The Morgan fingerprint density at radius 1 is 1.21 bits per heavy atom. The fourth-order valence-electron chi connectivity index (χ4n) is 2.79. The lowest BCUT2D eigenvalue weighted by molar-refractivity contribution is 0.107. The minimum Gasteiger partial charge on any atom is -0.382 e. The second-order valence-electron chi connectivity index (χ2n) is 5.86. The van der Waals surface area contributed by atoms with Crippen molar-refractivity contribution in [2.75, 3.05) is 13.7 Å². The van der Waals surface area contributed by atoms with Gasteiger partial charge in [-0.05, 0) is 58.4 Å². The van der Waals surface area contributed by atoms with Crippen LogP contribution in [0.1, 0.15) is 71.6 Å². The van der Waals surface area contributed by atoms with E-state index in [0.29, 0.717) is 12.1 Å². The van der Waals surface area contributed by atoms with Crippen molar-refractivity contribution in [2.24, 2.45) is 0 Å². The quantitative estimate of drug-likeness (QED) is 0.656. The summed E-state index contributed by atoms with van der Waals surface area (Å²) in [5.74, 6) is 0. The molecule has 0 saturated heterocycles. The van der Waals surface area contributed by atoms with Gasteiger partial charge in [-0.2, -0.15) is 0 Å². The Kier molecular flexibility index (Phi) is 9.19. The lowest BCUT2D eigenvalue weighted by Gasteiger charge is -2.24. The first-order valence-corrected chi connectivity index (χ1v) is 8.23. The van der Waals surface area contributed by atoms with Crippen LogP contribution in [0.4, 0.5) is 0 Å². The number of methoxy groups -OCH3 is 1. The molecule has 2 atom stereocenters. The molecule has 0 aliphatic heterocycles. The number of hydrogen-bond acceptors (Lipinski definition) is 2. The first-order valence-electron chi connectivity index (χ1n) is 8.23. The van der Waals surface area contributed by atoms with Gasteiger partial charge in [0.2, 0.25) is 0 Å². The van der Waals surface area contributed by atoms with Crippen LogP contribution in [-0.4, -0.2) is 25.8 Å². The minimum atomic E-state index is 0.375. The molecular weight excluding hydrogens is 234 g/mol. The Morgan fingerprint density at radius 3 is 2.74 bits per heavy atom. The van der Waals surface area contributed by atoms with Crippen LogP contribution in [0.5, 0.6) is 0 Å². The maximum Gasteiger partial charge on any atom is 0.0543 e. The van der Waals surface area contributed by atoms with Crippen LogP contribution in [0.15, 0.2) is 11.6 Å². The molecule has 0 aromatic heterocycles. The fraction of sp³-hybridized carbons (Fsp3) is 0.882. The molecule has 0 fully saturated rings. The van der Waals surface area contributed by atoms with E-state index in [-0.39, 0.29) is 0 Å². The molecule has 0 saturated carbocycles. The summed E-state index contributed by atoms with van der Waals surface area (Å²) in [6.07, 6.45) is 14.6. The van der Waals surface area contributed by atoms with E-state index in [2.05, 4.69) is 25.2 Å². The van der Waals surface area contributed by atoms with Crippen LogP contribution < -0.4 is 5.32 Å². The van der Waals surface area contributed by atoms with Gasteiger partial charge in [-0.15, -0.1) is 0 Å². The van der Waals surface area contributed by atoms with Gasteiger partial charge in [0.1, 0.15) is 0 Å². The fourth-order valence-corrected chi connectivity index (χ4v) is 2.79. The zero-order valence-electron chi connectivity index (χ0n) is 13.2. The molecule has 0 spiro atoms. The largest absolute Gasteiger partial charge is 0.382 e. The van der Waals surface area contributed by atoms with Crippen LogP contribution in [0.2, 0.25) is 0 Å². The molecule has 1 N–H and O–H groups in total. The highest BCUT2D eigenvalue weighted by molar-refractivity contribution is 5.11. The molecule has 0 aromatic rings. The standard InChI is InChI=1S/C17H33NO/c1-4-14-18-17(13-12-15(2)19-3)16-10-8-6-5-7-9-11-16/h10,15,17-18H,4-9,11-14H2,1-3H3. The van der Waals surface area contributed by atoms with Crippen molar-refractivity contribution in [1.82, 2.24) is 5.32 Å². The molecule has 2 unspecified atom stereocenters. The molecule has 0 amide bonds. The highest BCUT2D eigenvalue weighted by Gasteiger charge is 2.15. The van der Waals surface area contributed by atoms with Crippen molar-refractivity contribution < 1.29 is 4.74 Å². The number of ether oxygens (including phenoxy) is 1. The first-order chi connectivity index (χ1) is 9.27. The van der Waals surface area contributed by atoms with Gasteiger partial charge < -0.3 is 10.1 Å². The third-order valence-electron chi connectivity index (χ3n) is 4.18. The summed E-state index contributed by atoms with van der Waals surface area (Å²) >= 11 is 0. The van der Waals surface area contributed by atoms with Gasteiger partial charge in [0, 0.05) is 13.2 Å². The SMILES string of the molecule is CCCNC(CCC(C)OC)C1=CCCCCCC1. The Hall–Kier alpha value is -0.340. The van der Waals surface area contributed by atoms with Crippen molar-refractivity contribution in [3.8, 4) is 0 Å². The number of rotatable bonds is 8. The van der Waals surface area contributed by atoms with Crippen LogP contribution >= 0.6 is 0 Å². The summed E-state index contributed by atoms with van der Waals surface area (Å²) in [7, 11) is 1.81. The third kappa shape index (κ3) is 7.12. The average Bonchev–Trinajstić information content (AvgIpc) is 2.39. The van der Waals surface area contributed by atoms with Crippen molar-refractivity contribution in [3.63, 3.8) is 0 Å². The second kappa shape index (κ2) is 10.4. The van der Waals surface area contributed by atoms with Gasteiger partial charge in [-0.25, -0.2) is 0 Å². The molecule has 0 bridgehead atoms. The first kappa shape index (κ1) is 16.7. The molecule has 2 heteroatoms. The lowest BCUT2D eigenvalue weighted by atomic mass is 9.92. The van der Waals surface area contributed by atoms with Gasteiger partial charge in [0.15, 0.2) is 0 Å². The lowest BCUT2D eigenvalue weighted by Crippen LogP contribution is -2.32. The molecule has 0 heterocycles. The van der Waals surface area contributed by atoms with E-state index >= 15 is 0 Å². The number of nitrogens with one attached hydrogen (secondary N) is 1. The molecule has 1 aliphatic carbocycles. The van der Waals surface area contributed by atoms with Crippen molar-refractivity contribution in [1.29, 1.82) is 0 Å². The second-order valence-corrected chi connectivity index (χ2v) is 5.86. The highest BCUT2D eigenvalue weighted by Crippen LogP contribution is 2.22. The Balaban J connectivity index is 2.53. The van der Waals surface area contributed by atoms with E-state index in [1.165, 1.54) is 51.4 Å². The molecule has 1 rings (SSSR count). The number of hydrogen-bond donors (Lipinski definition) is 1. The van der Waals surface area contributed by atoms with Gasteiger partial charge in [-0.1, -0.05) is 31.4 Å². The van der Waals surface area contributed by atoms with Crippen molar-refractivity contribution in [2.45, 2.75) is 83.8 Å². The molecule has 112 valence electrons. The summed E-state index contributed by atoms with van der Waals surface area (Å²) in [5, 5.41) is 3.74.